The van der Waals surface area contributed by atoms with E-state index in [2.05, 4.69) is 114 Å². The van der Waals surface area contributed by atoms with Crippen LogP contribution in [0.5, 0.6) is 0 Å². The van der Waals surface area contributed by atoms with Gasteiger partial charge >= 0.3 is 0 Å². The summed E-state index contributed by atoms with van der Waals surface area (Å²) >= 11 is 0. The van der Waals surface area contributed by atoms with Crippen LogP contribution in [0.4, 0.5) is 5.69 Å². The number of Topliss-reactive ketones (excluding diaryl/α,β-unsaturated/α-hetero) is 8. The zero-order valence-corrected chi connectivity index (χ0v) is 91.9. The highest BCUT2D eigenvalue weighted by atomic mass is 32.2. The van der Waals surface area contributed by atoms with Crippen molar-refractivity contribution in [2.75, 3.05) is 151 Å². The molecule has 18 rings (SSSR count). The molecule has 9 aromatic carbocycles. The Labute approximate surface area is 867 Å². The van der Waals surface area contributed by atoms with E-state index in [9.17, 15) is 48.5 Å². The van der Waals surface area contributed by atoms with Crippen molar-refractivity contribution in [3.63, 3.8) is 0 Å². The number of hydrogen-bond donors (Lipinski definition) is 1. The number of ether oxygens (including phenoxy) is 1. The summed E-state index contributed by atoms with van der Waals surface area (Å²) in [6.07, 6.45) is 29.8. The number of carbonyl (C=O) groups is 8. The van der Waals surface area contributed by atoms with E-state index in [4.69, 9.17) is 9.84 Å². The molecule has 0 spiro atoms. The van der Waals surface area contributed by atoms with Gasteiger partial charge in [-0.05, 0) is 279 Å². The number of benzene rings is 9. The predicted molar refractivity (Wildman–Crippen MR) is 614 cm³/mol. The second-order valence-electron chi connectivity index (χ2n) is 40.2. The van der Waals surface area contributed by atoms with Crippen LogP contribution in [0.1, 0.15) is 299 Å². The topological polar surface area (TPSA) is 209 Å². The number of non-ortho nitro benzene ring substituents is 1. The van der Waals surface area contributed by atoms with Crippen LogP contribution in [-0.2, 0) is 117 Å². The summed E-state index contributed by atoms with van der Waals surface area (Å²) in [5.74, 6) is 29.4. The number of hydrogen-bond acceptors (Lipinski definition) is 12. The molecule has 1 saturated carbocycles. The number of carbonyl (C=O) groups excluding carboxylic acids is 8. The van der Waals surface area contributed by atoms with Crippen molar-refractivity contribution in [2.24, 2.45) is 5.92 Å². The first-order valence-corrected chi connectivity index (χ1v) is 66.0. The second kappa shape index (κ2) is 62.0. The number of unbranched alkanes of at least 4 members (excludes halogenated alkanes) is 1. The van der Waals surface area contributed by atoms with Gasteiger partial charge in [0.1, 0.15) is 92.0 Å². The van der Waals surface area contributed by atoms with Crippen LogP contribution in [0.3, 0.4) is 0 Å². The number of aliphatic hydroxyl groups is 1. The van der Waals surface area contributed by atoms with Gasteiger partial charge in [0.25, 0.3) is 5.69 Å². The van der Waals surface area contributed by atoms with Crippen molar-refractivity contribution in [3.05, 3.63) is 300 Å². The molecule has 141 heavy (non-hydrogen) atoms. The predicted octanol–water partition coefficient (Wildman–Crippen LogP) is 24.2. The molecule has 21 heteroatoms. The van der Waals surface area contributed by atoms with Crippen LogP contribution >= 0.6 is 0 Å². The SMILES string of the molecule is CC(C)(C)c1ccc(C(=O)C[S+]2CCCC2)cc1.CC(C)Cc1ccc(C(=O)C[S+]2CCCC2)cc1.CCCCc1ccc(C(=O)C[S+]2CCCC2)cc1.Cc1ccc(C(=O)C[S+]2CCCC2)cc1.O=C(C[S+]1CCCC1)c1ccc(C2CCCCC2)cc1.O=C(C[S+]1CCCC1)c1ccc(CO)cc1.O=C(C[S+]1CCCC1)c1ccc([N+](=O)[O-])cc1.O=C(C[S+]1CCOCC1)c1ccc2ccccc2c1. The van der Waals surface area contributed by atoms with Gasteiger partial charge in [0.05, 0.1) is 24.7 Å². The molecule has 8 heterocycles. The number of aryl methyl sites for hydroxylation is 2. The highest BCUT2D eigenvalue weighted by molar-refractivity contribution is 7.99. The van der Waals surface area contributed by atoms with E-state index in [0.29, 0.717) is 117 Å². The third-order valence-electron chi connectivity index (χ3n) is 27.2. The Bertz CT molecular complexity index is 5300. The lowest BCUT2D eigenvalue weighted by Crippen LogP contribution is -2.31. The lowest BCUT2D eigenvalue weighted by atomic mass is 9.84. The maximum atomic E-state index is 12.3. The van der Waals surface area contributed by atoms with E-state index in [1.807, 2.05) is 122 Å². The number of nitrogens with zero attached hydrogens (tertiary/aromatic N) is 1. The number of ketones is 8. The Kier molecular flexibility index (Phi) is 50.1. The Hall–Kier alpha value is -7.28. The van der Waals surface area contributed by atoms with Gasteiger partial charge in [-0.2, -0.15) is 0 Å². The molecule has 13 nitrogen and oxygen atoms in total. The lowest BCUT2D eigenvalue weighted by molar-refractivity contribution is -0.384. The average Bonchev–Trinajstić information content (AvgIpc) is 1.69. The van der Waals surface area contributed by atoms with E-state index in [1.54, 1.807) is 12.1 Å². The molecule has 1 N–H and O–H groups in total. The van der Waals surface area contributed by atoms with Gasteiger partial charge in [-0.1, -0.05) is 255 Å². The summed E-state index contributed by atoms with van der Waals surface area (Å²) in [6, 6.07) is 68.6. The summed E-state index contributed by atoms with van der Waals surface area (Å²) in [5, 5.41) is 21.7. The minimum atomic E-state index is -0.451. The number of rotatable bonds is 32. The largest absolute Gasteiger partial charge is 0.392 e. The number of aliphatic hydroxyl groups excluding tert-OH is 1. The smallest absolute Gasteiger partial charge is 0.269 e. The van der Waals surface area contributed by atoms with Gasteiger partial charge in [0.2, 0.25) is 46.3 Å². The van der Waals surface area contributed by atoms with Crippen LogP contribution in [0.15, 0.2) is 212 Å². The normalized spacial score (nSPS) is 17.2. The average molecular weight is 2060 g/mol. The highest BCUT2D eigenvalue weighted by Crippen LogP contribution is 2.34. The molecule has 0 aromatic heterocycles. The van der Waals surface area contributed by atoms with E-state index in [0.717, 1.165) is 128 Å². The summed E-state index contributed by atoms with van der Waals surface area (Å²) in [5.41, 5.74) is 14.5. The van der Waals surface area contributed by atoms with Gasteiger partial charge < -0.3 is 9.84 Å². The molecule has 0 unspecified atom stereocenters. The van der Waals surface area contributed by atoms with Crippen LogP contribution in [-0.4, -0.2) is 208 Å². The molecule has 0 radical (unpaired) electrons. The summed E-state index contributed by atoms with van der Waals surface area (Å²) in [7, 11) is 2.70. The van der Waals surface area contributed by atoms with Crippen molar-refractivity contribution in [3.8, 4) is 0 Å². The first-order chi connectivity index (χ1) is 68.3. The molecule has 9 fully saturated rings. The van der Waals surface area contributed by atoms with E-state index < -0.39 is 4.92 Å². The maximum absolute atomic E-state index is 12.3. The molecule has 0 amide bonds. The fourth-order valence-electron chi connectivity index (χ4n) is 18.6. The maximum Gasteiger partial charge on any atom is 0.269 e. The van der Waals surface area contributed by atoms with Gasteiger partial charge in [0.15, 0.2) is 46.0 Å². The first kappa shape index (κ1) is 114. The molecule has 0 bridgehead atoms. The summed E-state index contributed by atoms with van der Waals surface area (Å²) < 4.78 is 5.34. The molecular weight excluding hydrogens is 1900 g/mol. The third kappa shape index (κ3) is 40.8. The zero-order chi connectivity index (χ0) is 100. The van der Waals surface area contributed by atoms with Crippen LogP contribution in [0.25, 0.3) is 10.8 Å². The van der Waals surface area contributed by atoms with Crippen LogP contribution in [0, 0.1) is 23.0 Å². The first-order valence-electron chi connectivity index (χ1n) is 52.1. The number of nitro benzene ring substituents is 1. The van der Waals surface area contributed by atoms with Gasteiger partial charge in [-0.15, -0.1) is 0 Å². The fraction of sp³-hybridized carbons (Fsp3) is 0.500. The molecule has 9 aromatic rings. The molecule has 756 valence electrons. The second-order valence-corrected chi connectivity index (χ2v) is 58.9. The molecule has 1 aliphatic carbocycles. The van der Waals surface area contributed by atoms with E-state index >= 15 is 0 Å². The Morgan fingerprint density at radius 1 is 0.355 bits per heavy atom. The quantitative estimate of drug-likeness (QED) is 0.0181. The Morgan fingerprint density at radius 2 is 0.645 bits per heavy atom. The minimum absolute atomic E-state index is 0.0323. The molecule has 0 atom stereocenters. The van der Waals surface area contributed by atoms with Crippen molar-refractivity contribution >= 4 is 150 Å². The lowest BCUT2D eigenvalue weighted by Gasteiger charge is -2.21. The van der Waals surface area contributed by atoms with Crippen LogP contribution < -0.4 is 0 Å². The van der Waals surface area contributed by atoms with Gasteiger partial charge in [-0.3, -0.25) is 48.5 Å². The van der Waals surface area contributed by atoms with Crippen molar-refractivity contribution in [1.29, 1.82) is 0 Å². The van der Waals surface area contributed by atoms with Crippen molar-refractivity contribution < 1.29 is 53.1 Å². The number of nitro groups is 1. The van der Waals surface area contributed by atoms with Crippen molar-refractivity contribution in [2.45, 2.75) is 214 Å². The molecular formula is C120H159NO12S8+8. The van der Waals surface area contributed by atoms with E-state index in [1.165, 1.54) is 261 Å². The van der Waals surface area contributed by atoms with Gasteiger partial charge in [0, 0.05) is 67.5 Å². The monoisotopic (exact) mass is 2060 g/mol. The van der Waals surface area contributed by atoms with Gasteiger partial charge in [-0.25, -0.2) is 0 Å². The highest BCUT2D eigenvalue weighted by Gasteiger charge is 2.35. The molecule has 8 saturated heterocycles. The van der Waals surface area contributed by atoms with E-state index in [-0.39, 0.29) is 56.8 Å². The Morgan fingerprint density at radius 3 is 0.972 bits per heavy atom. The van der Waals surface area contributed by atoms with Crippen molar-refractivity contribution in [1.82, 2.24) is 0 Å². The Balaban J connectivity index is 0.000000154. The molecule has 9 aliphatic rings. The summed E-state index contributed by atoms with van der Waals surface area (Å²) in [6.45, 7) is 17.0. The number of fused-ring (bicyclic) bond motifs is 1. The standard InChI is InChI=1S/C18H25OS.C16H17O2S.3C16H23OS.C13H17O2S.C13H17OS.C12H14NO3S/c19-18(14-20-12-4-5-13-20)17-10-8-16(9-11-17)15-6-2-1-3-7-15;17-16(12-19-9-7-18-8-10-19)15-6-5-13-3-1-2-4-14(13)11-15;1-16(2,3)14-8-6-13(7-9-14)15(17)12-18-10-4-5-11-18;1-13(2)11-14-5-7-15(8-6-14)16(17)12-18-9-3-4-10-18;1-2-3-6-14-7-9-15(10-8-14)16(17)13-18-11-4-5-12-18;14-9-11-3-5-12(6-4-11)13(15)10-16-7-1-2-8-16;1-11-4-6-12(7-5-11)13(14)10-15-8-2-3-9-15;14-12(9-17-7-1-2-8-17)10-3-5-11(6-4-10)13(15)16/h8-11,15H,1-7,12-14H2;1-6,11H,7-10,12H2;6-9H,4-5,10-12H2,1-3H3;5-8,13H,3-4,9-12H2,1-2H3;7-10H,2-6,11-13H2,1H3;3-6,14H,1-2,7-10H2;4-7H,2-3,8-10H2,1H3;3-6H,1-2,7-9H2/q8*+1. The molecule has 8 aliphatic heterocycles. The summed E-state index contributed by atoms with van der Waals surface area (Å²) in [4.78, 5) is 107. The zero-order valence-electron chi connectivity index (χ0n) is 85.4. The minimum Gasteiger partial charge on any atom is -0.392 e. The van der Waals surface area contributed by atoms with Crippen LogP contribution in [0.2, 0.25) is 0 Å². The third-order valence-corrected chi connectivity index (χ3v) is 46.2. The fourth-order valence-corrected chi connectivity index (χ4v) is 36.1.